The highest BCUT2D eigenvalue weighted by Gasteiger charge is 2.20. The summed E-state index contributed by atoms with van der Waals surface area (Å²) in [6, 6.07) is 5.94. The van der Waals surface area contributed by atoms with Crippen LogP contribution in [-0.4, -0.2) is 55.3 Å². The summed E-state index contributed by atoms with van der Waals surface area (Å²) in [6.45, 7) is 6.64. The number of hydrogen-bond acceptors (Lipinski definition) is 6. The van der Waals surface area contributed by atoms with Gasteiger partial charge in [-0.2, -0.15) is 0 Å². The number of piperazine rings is 1. The van der Waals surface area contributed by atoms with Gasteiger partial charge in [0.25, 0.3) is 0 Å². The second-order valence-corrected chi connectivity index (χ2v) is 6.00. The van der Waals surface area contributed by atoms with Gasteiger partial charge < -0.3 is 14.4 Å². The number of rotatable bonds is 5. The van der Waals surface area contributed by atoms with E-state index in [1.165, 1.54) is 0 Å². The van der Waals surface area contributed by atoms with E-state index >= 15 is 0 Å². The molecule has 3 rings (SSSR count). The fourth-order valence-corrected chi connectivity index (χ4v) is 2.90. The van der Waals surface area contributed by atoms with Crippen LogP contribution in [0.3, 0.4) is 0 Å². The first kappa shape index (κ1) is 16.5. The van der Waals surface area contributed by atoms with Crippen LogP contribution >= 0.6 is 0 Å². The topological polar surface area (TPSA) is 50.7 Å². The van der Waals surface area contributed by atoms with Crippen LogP contribution in [0, 0.1) is 6.92 Å². The minimum atomic E-state index is 0.819. The van der Waals surface area contributed by atoms with Gasteiger partial charge in [-0.3, -0.25) is 4.90 Å². The van der Waals surface area contributed by atoms with Crippen LogP contribution in [0.25, 0.3) is 0 Å². The summed E-state index contributed by atoms with van der Waals surface area (Å²) in [5.74, 6) is 2.58. The van der Waals surface area contributed by atoms with Gasteiger partial charge in [0.15, 0.2) is 0 Å². The predicted octanol–water partition coefficient (Wildman–Crippen LogP) is 2.12. The van der Waals surface area contributed by atoms with E-state index in [2.05, 4.69) is 19.8 Å². The molecule has 0 spiro atoms. The van der Waals surface area contributed by atoms with E-state index in [4.69, 9.17) is 9.47 Å². The molecule has 0 aliphatic carbocycles. The van der Waals surface area contributed by atoms with Crippen molar-refractivity contribution in [1.29, 1.82) is 0 Å². The van der Waals surface area contributed by atoms with Gasteiger partial charge in [-0.05, 0) is 30.7 Å². The Morgan fingerprint density at radius 2 is 1.71 bits per heavy atom. The summed E-state index contributed by atoms with van der Waals surface area (Å²) < 4.78 is 10.8. The number of hydrogen-bond donors (Lipinski definition) is 0. The quantitative estimate of drug-likeness (QED) is 0.838. The molecular weight excluding hydrogens is 304 g/mol. The maximum Gasteiger partial charge on any atom is 0.225 e. The second-order valence-electron chi connectivity index (χ2n) is 6.00. The van der Waals surface area contributed by atoms with Gasteiger partial charge in [0.1, 0.15) is 11.5 Å². The molecule has 128 valence electrons. The highest BCUT2D eigenvalue weighted by atomic mass is 16.5. The molecule has 1 aromatic carbocycles. The minimum absolute atomic E-state index is 0.819. The number of ether oxygens (including phenoxy) is 2. The summed E-state index contributed by atoms with van der Waals surface area (Å²) >= 11 is 0. The average molecular weight is 328 g/mol. The number of nitrogens with zero attached hydrogens (tertiary/aromatic N) is 4. The second kappa shape index (κ2) is 7.49. The first-order chi connectivity index (χ1) is 11.7. The molecule has 0 unspecified atom stereocenters. The maximum atomic E-state index is 5.48. The van der Waals surface area contributed by atoms with Crippen LogP contribution in [0.1, 0.15) is 11.1 Å². The lowest BCUT2D eigenvalue weighted by Gasteiger charge is -2.34. The normalized spacial score (nSPS) is 15.4. The average Bonchev–Trinajstić information content (AvgIpc) is 2.63. The Hall–Kier alpha value is -2.34. The molecule has 0 bridgehead atoms. The van der Waals surface area contributed by atoms with Crippen molar-refractivity contribution in [3.8, 4) is 11.5 Å². The molecule has 0 amide bonds. The van der Waals surface area contributed by atoms with E-state index in [1.54, 1.807) is 14.2 Å². The Morgan fingerprint density at radius 1 is 1.00 bits per heavy atom. The van der Waals surface area contributed by atoms with E-state index in [1.807, 2.05) is 37.5 Å². The van der Waals surface area contributed by atoms with Gasteiger partial charge in [-0.25, -0.2) is 9.97 Å². The maximum absolute atomic E-state index is 5.48. The van der Waals surface area contributed by atoms with Gasteiger partial charge in [0.2, 0.25) is 5.95 Å². The van der Waals surface area contributed by atoms with Gasteiger partial charge in [-0.15, -0.1) is 0 Å². The van der Waals surface area contributed by atoms with Gasteiger partial charge in [0, 0.05) is 50.7 Å². The molecule has 0 saturated carbocycles. The van der Waals surface area contributed by atoms with Crippen molar-refractivity contribution in [2.24, 2.45) is 0 Å². The third-order valence-electron chi connectivity index (χ3n) is 4.30. The lowest BCUT2D eigenvalue weighted by atomic mass is 10.1. The van der Waals surface area contributed by atoms with Crippen LogP contribution in [0.15, 0.2) is 30.6 Å². The number of benzene rings is 1. The van der Waals surface area contributed by atoms with Crippen LogP contribution in [0.4, 0.5) is 5.95 Å². The molecule has 0 radical (unpaired) electrons. The number of aryl methyl sites for hydroxylation is 1. The Morgan fingerprint density at radius 3 is 2.33 bits per heavy atom. The van der Waals surface area contributed by atoms with E-state index in [-0.39, 0.29) is 0 Å². The molecule has 0 N–H and O–H groups in total. The third-order valence-corrected chi connectivity index (χ3v) is 4.30. The highest BCUT2D eigenvalue weighted by Crippen LogP contribution is 2.25. The molecule has 2 aromatic rings. The molecule has 2 heterocycles. The largest absolute Gasteiger partial charge is 0.497 e. The SMILES string of the molecule is COc1ccc(OC)c(CN2CCN(c3ncc(C)cn3)CC2)c1. The van der Waals surface area contributed by atoms with Crippen LogP contribution < -0.4 is 14.4 Å². The standard InChI is InChI=1S/C18H24N4O2/c1-14-11-19-18(20-12-14)22-8-6-21(7-9-22)13-15-10-16(23-2)4-5-17(15)24-3/h4-5,10-12H,6-9,13H2,1-3H3. The lowest BCUT2D eigenvalue weighted by Crippen LogP contribution is -2.46. The van der Waals surface area contributed by atoms with Crippen LogP contribution in [0.2, 0.25) is 0 Å². The summed E-state index contributed by atoms with van der Waals surface area (Å²) in [5, 5.41) is 0. The van der Waals surface area contributed by atoms with E-state index in [0.717, 1.165) is 61.3 Å². The summed E-state index contributed by atoms with van der Waals surface area (Å²) in [5.41, 5.74) is 2.24. The van der Waals surface area contributed by atoms with E-state index in [9.17, 15) is 0 Å². The number of aromatic nitrogens is 2. The smallest absolute Gasteiger partial charge is 0.225 e. The molecule has 0 atom stereocenters. The van der Waals surface area contributed by atoms with Crippen molar-refractivity contribution in [1.82, 2.24) is 14.9 Å². The Bertz CT molecular complexity index is 667. The lowest BCUT2D eigenvalue weighted by molar-refractivity contribution is 0.244. The van der Waals surface area contributed by atoms with Crippen LogP contribution in [0.5, 0.6) is 11.5 Å². The Balaban J connectivity index is 1.62. The molecule has 1 aliphatic heterocycles. The first-order valence-corrected chi connectivity index (χ1v) is 8.16. The monoisotopic (exact) mass is 328 g/mol. The van der Waals surface area contributed by atoms with Gasteiger partial charge >= 0.3 is 0 Å². The van der Waals surface area contributed by atoms with Gasteiger partial charge in [-0.1, -0.05) is 0 Å². The van der Waals surface area contributed by atoms with Crippen LogP contribution in [-0.2, 0) is 6.54 Å². The molecule has 1 fully saturated rings. The van der Waals surface area contributed by atoms with E-state index in [0.29, 0.717) is 0 Å². The fraction of sp³-hybridized carbons (Fsp3) is 0.444. The molecule has 1 aromatic heterocycles. The molecule has 6 heteroatoms. The molecule has 24 heavy (non-hydrogen) atoms. The zero-order chi connectivity index (χ0) is 16.9. The zero-order valence-electron chi connectivity index (χ0n) is 14.5. The fourth-order valence-electron chi connectivity index (χ4n) is 2.90. The zero-order valence-corrected chi connectivity index (χ0v) is 14.5. The summed E-state index contributed by atoms with van der Waals surface area (Å²) in [4.78, 5) is 13.5. The van der Waals surface area contributed by atoms with Crippen molar-refractivity contribution in [2.45, 2.75) is 13.5 Å². The molecule has 1 aliphatic rings. The van der Waals surface area contributed by atoms with Crippen molar-refractivity contribution in [3.05, 3.63) is 41.7 Å². The molecular formula is C18H24N4O2. The molecule has 6 nitrogen and oxygen atoms in total. The van der Waals surface area contributed by atoms with E-state index < -0.39 is 0 Å². The number of anilines is 1. The van der Waals surface area contributed by atoms with Crippen molar-refractivity contribution < 1.29 is 9.47 Å². The van der Waals surface area contributed by atoms with Crippen molar-refractivity contribution in [3.63, 3.8) is 0 Å². The third kappa shape index (κ3) is 3.76. The minimum Gasteiger partial charge on any atom is -0.497 e. The Labute approximate surface area is 143 Å². The first-order valence-electron chi connectivity index (χ1n) is 8.16. The van der Waals surface area contributed by atoms with Gasteiger partial charge in [0.05, 0.1) is 14.2 Å². The predicted molar refractivity (Wildman–Crippen MR) is 93.8 cm³/mol. The number of methoxy groups -OCH3 is 2. The highest BCUT2D eigenvalue weighted by molar-refractivity contribution is 5.40. The van der Waals surface area contributed by atoms with Crippen molar-refractivity contribution in [2.75, 3.05) is 45.3 Å². The van der Waals surface area contributed by atoms with Crippen molar-refractivity contribution >= 4 is 5.95 Å². The Kier molecular flexibility index (Phi) is 5.15. The summed E-state index contributed by atoms with van der Waals surface area (Å²) in [6.07, 6.45) is 3.74. The summed E-state index contributed by atoms with van der Waals surface area (Å²) in [7, 11) is 3.39. The molecule has 1 saturated heterocycles.